The first kappa shape index (κ1) is 18.0. The van der Waals surface area contributed by atoms with Gasteiger partial charge in [-0.1, -0.05) is 42.5 Å². The summed E-state index contributed by atoms with van der Waals surface area (Å²) < 4.78 is 0. The average molecular weight is 366 g/mol. The van der Waals surface area contributed by atoms with Crippen LogP contribution in [0.5, 0.6) is 0 Å². The highest BCUT2D eigenvalue weighted by Gasteiger charge is 2.15. The fourth-order valence-corrected chi connectivity index (χ4v) is 3.17. The topological polar surface area (TPSA) is 56.6 Å². The molecular formula is C23H19BN2O2. The summed E-state index contributed by atoms with van der Waals surface area (Å²) in [5, 5.41) is 18.7. The van der Waals surface area contributed by atoms with Crippen molar-refractivity contribution < 1.29 is 10.0 Å². The van der Waals surface area contributed by atoms with Gasteiger partial charge in [0.2, 0.25) is 0 Å². The molecule has 0 radical (unpaired) electrons. The van der Waals surface area contributed by atoms with Gasteiger partial charge < -0.3 is 14.9 Å². The predicted octanol–water partition coefficient (Wildman–Crippen LogP) is 3.90. The van der Waals surface area contributed by atoms with Crippen LogP contribution in [0.25, 0.3) is 11.1 Å². The molecule has 0 atom stereocenters. The third-order valence-corrected chi connectivity index (χ3v) is 4.60. The summed E-state index contributed by atoms with van der Waals surface area (Å²) in [6.45, 7) is 0. The fraction of sp³-hybridized carbons (Fsp3) is 0. The van der Waals surface area contributed by atoms with E-state index in [0.717, 1.165) is 28.2 Å². The van der Waals surface area contributed by atoms with E-state index in [-0.39, 0.29) is 0 Å². The minimum atomic E-state index is -1.47. The van der Waals surface area contributed by atoms with Crippen LogP contribution in [0.3, 0.4) is 0 Å². The highest BCUT2D eigenvalue weighted by molar-refractivity contribution is 6.58. The van der Waals surface area contributed by atoms with Crippen molar-refractivity contribution in [2.45, 2.75) is 0 Å². The number of rotatable bonds is 5. The first-order valence-corrected chi connectivity index (χ1v) is 9.04. The number of benzene rings is 3. The lowest BCUT2D eigenvalue weighted by Gasteiger charge is -2.25. The molecule has 0 unspecified atom stereocenters. The Bertz CT molecular complexity index is 1020. The van der Waals surface area contributed by atoms with Crippen LogP contribution in [0.1, 0.15) is 0 Å². The van der Waals surface area contributed by atoms with E-state index in [2.05, 4.69) is 34.1 Å². The molecule has 0 saturated heterocycles. The van der Waals surface area contributed by atoms with Crippen molar-refractivity contribution in [2.75, 3.05) is 4.90 Å². The molecule has 2 N–H and O–H groups in total. The van der Waals surface area contributed by atoms with Crippen LogP contribution >= 0.6 is 0 Å². The third kappa shape index (κ3) is 3.81. The van der Waals surface area contributed by atoms with E-state index in [1.165, 1.54) is 0 Å². The Morgan fingerprint density at radius 1 is 0.571 bits per heavy atom. The molecule has 1 heterocycles. The molecule has 0 amide bonds. The molecule has 5 heteroatoms. The number of aromatic nitrogens is 1. The SMILES string of the molecule is OB(O)c1ccc(N(c2ccccc2)c2ccc(-c3ccncc3)cc2)cc1. The van der Waals surface area contributed by atoms with Crippen molar-refractivity contribution >= 4 is 29.6 Å². The molecule has 28 heavy (non-hydrogen) atoms. The lowest BCUT2D eigenvalue weighted by molar-refractivity contribution is 0.426. The Morgan fingerprint density at radius 3 is 1.64 bits per heavy atom. The van der Waals surface area contributed by atoms with Gasteiger partial charge in [-0.05, 0) is 65.1 Å². The summed E-state index contributed by atoms with van der Waals surface area (Å²) in [5.74, 6) is 0. The minimum Gasteiger partial charge on any atom is -0.423 e. The van der Waals surface area contributed by atoms with E-state index in [1.807, 2.05) is 54.6 Å². The Balaban J connectivity index is 1.74. The number of pyridine rings is 1. The van der Waals surface area contributed by atoms with Crippen LogP contribution in [-0.4, -0.2) is 22.2 Å². The largest absolute Gasteiger partial charge is 0.488 e. The van der Waals surface area contributed by atoms with Crippen LogP contribution < -0.4 is 10.4 Å². The van der Waals surface area contributed by atoms with Crippen molar-refractivity contribution in [2.24, 2.45) is 0 Å². The molecule has 4 rings (SSSR count). The van der Waals surface area contributed by atoms with Crippen LogP contribution in [-0.2, 0) is 0 Å². The second-order valence-electron chi connectivity index (χ2n) is 6.42. The lowest BCUT2D eigenvalue weighted by atomic mass is 9.80. The Hall–Kier alpha value is -3.41. The van der Waals surface area contributed by atoms with Crippen LogP contribution in [0.2, 0.25) is 0 Å². The Kier molecular flexibility index (Phi) is 5.19. The second kappa shape index (κ2) is 8.09. The quantitative estimate of drug-likeness (QED) is 0.526. The maximum atomic E-state index is 9.36. The van der Waals surface area contributed by atoms with Gasteiger partial charge in [-0.15, -0.1) is 0 Å². The maximum Gasteiger partial charge on any atom is 0.488 e. The van der Waals surface area contributed by atoms with Crippen molar-refractivity contribution in [3.63, 3.8) is 0 Å². The van der Waals surface area contributed by atoms with Crippen LogP contribution in [0.4, 0.5) is 17.1 Å². The molecule has 4 aromatic rings. The first-order chi connectivity index (χ1) is 13.7. The molecule has 0 aliphatic heterocycles. The van der Waals surface area contributed by atoms with Gasteiger partial charge in [0, 0.05) is 29.5 Å². The number of nitrogens with zero attached hydrogens (tertiary/aromatic N) is 2. The summed E-state index contributed by atoms with van der Waals surface area (Å²) in [5.41, 5.74) is 5.68. The molecular weight excluding hydrogens is 347 g/mol. The summed E-state index contributed by atoms with van der Waals surface area (Å²) in [4.78, 5) is 6.20. The van der Waals surface area contributed by atoms with Crippen molar-refractivity contribution in [3.8, 4) is 11.1 Å². The van der Waals surface area contributed by atoms with Gasteiger partial charge >= 0.3 is 7.12 Å². The van der Waals surface area contributed by atoms with Crippen LogP contribution in [0, 0.1) is 0 Å². The Morgan fingerprint density at radius 2 is 1.07 bits per heavy atom. The molecule has 0 fully saturated rings. The maximum absolute atomic E-state index is 9.36. The zero-order valence-electron chi connectivity index (χ0n) is 15.2. The zero-order chi connectivity index (χ0) is 19.3. The van der Waals surface area contributed by atoms with E-state index in [4.69, 9.17) is 0 Å². The smallest absolute Gasteiger partial charge is 0.423 e. The van der Waals surface area contributed by atoms with Crippen molar-refractivity contribution in [1.29, 1.82) is 0 Å². The third-order valence-electron chi connectivity index (χ3n) is 4.60. The summed E-state index contributed by atoms with van der Waals surface area (Å²) >= 11 is 0. The van der Waals surface area contributed by atoms with E-state index < -0.39 is 7.12 Å². The summed E-state index contributed by atoms with van der Waals surface area (Å²) in [6.07, 6.45) is 3.58. The Labute approximate surface area is 164 Å². The molecule has 4 nitrogen and oxygen atoms in total. The molecule has 0 aliphatic carbocycles. The predicted molar refractivity (Wildman–Crippen MR) is 114 cm³/mol. The van der Waals surface area contributed by atoms with Gasteiger partial charge in [0.15, 0.2) is 0 Å². The summed E-state index contributed by atoms with van der Waals surface area (Å²) in [6, 6.07) is 29.6. The minimum absolute atomic E-state index is 0.463. The first-order valence-electron chi connectivity index (χ1n) is 9.04. The van der Waals surface area contributed by atoms with Gasteiger partial charge in [-0.3, -0.25) is 4.98 Å². The van der Waals surface area contributed by atoms with E-state index in [9.17, 15) is 10.0 Å². The van der Waals surface area contributed by atoms with Crippen molar-refractivity contribution in [3.05, 3.63) is 103 Å². The highest BCUT2D eigenvalue weighted by Crippen LogP contribution is 2.34. The molecule has 0 saturated carbocycles. The second-order valence-corrected chi connectivity index (χ2v) is 6.42. The molecule has 1 aromatic heterocycles. The molecule has 3 aromatic carbocycles. The normalized spacial score (nSPS) is 10.5. The van der Waals surface area contributed by atoms with Gasteiger partial charge in [0.05, 0.1) is 0 Å². The van der Waals surface area contributed by atoms with Crippen molar-refractivity contribution in [1.82, 2.24) is 4.98 Å². The van der Waals surface area contributed by atoms with E-state index in [1.54, 1.807) is 24.5 Å². The average Bonchev–Trinajstić information content (AvgIpc) is 2.76. The van der Waals surface area contributed by atoms with E-state index >= 15 is 0 Å². The molecule has 0 spiro atoms. The molecule has 0 bridgehead atoms. The monoisotopic (exact) mass is 366 g/mol. The number of anilines is 3. The van der Waals surface area contributed by atoms with Gasteiger partial charge in [0.25, 0.3) is 0 Å². The number of para-hydroxylation sites is 1. The van der Waals surface area contributed by atoms with Crippen LogP contribution in [0.15, 0.2) is 103 Å². The van der Waals surface area contributed by atoms with Gasteiger partial charge in [-0.2, -0.15) is 0 Å². The standard InChI is InChI=1S/C23H19BN2O2/c27-24(28)20-8-12-23(13-9-20)26(21-4-2-1-3-5-21)22-10-6-18(7-11-22)19-14-16-25-17-15-19/h1-17,27-28H. The van der Waals surface area contributed by atoms with Gasteiger partial charge in [0.1, 0.15) is 0 Å². The number of hydrogen-bond acceptors (Lipinski definition) is 4. The molecule has 0 aliphatic rings. The summed E-state index contributed by atoms with van der Waals surface area (Å²) in [7, 11) is -1.47. The lowest BCUT2D eigenvalue weighted by Crippen LogP contribution is -2.29. The number of hydrogen-bond donors (Lipinski definition) is 2. The fourth-order valence-electron chi connectivity index (χ4n) is 3.17. The molecule has 136 valence electrons. The van der Waals surface area contributed by atoms with Gasteiger partial charge in [-0.25, -0.2) is 0 Å². The highest BCUT2D eigenvalue weighted by atomic mass is 16.4. The zero-order valence-corrected chi connectivity index (χ0v) is 15.2. The van der Waals surface area contributed by atoms with E-state index in [0.29, 0.717) is 5.46 Å².